The Balaban J connectivity index is 3.82. The fraction of sp³-hybridized carbons (Fsp3) is 0.500. The standard InChI is InChI=1S/C2HCl3O2.Ti/c3-2(4,5)1(6)7;/h(H,6,7);/q;+1/p-1. The van der Waals surface area contributed by atoms with Crippen molar-refractivity contribution in [1.29, 1.82) is 0 Å². The first-order valence-corrected chi connectivity index (χ1v) is 3.20. The van der Waals surface area contributed by atoms with Crippen molar-refractivity contribution in [2.45, 2.75) is 3.79 Å². The van der Waals surface area contributed by atoms with E-state index in [1.165, 1.54) is 0 Å². The van der Waals surface area contributed by atoms with Gasteiger partial charge in [0.1, 0.15) is 0 Å². The zero-order valence-corrected chi connectivity index (χ0v) is 7.28. The molecule has 0 heterocycles. The fourth-order valence-corrected chi connectivity index (χ4v) is 0.716. The predicted octanol–water partition coefficient (Wildman–Crippen LogP) is 1.36. The summed E-state index contributed by atoms with van der Waals surface area (Å²) in [6.07, 6.45) is 0. The van der Waals surface area contributed by atoms with Crippen molar-refractivity contribution in [3.05, 3.63) is 0 Å². The van der Waals surface area contributed by atoms with Crippen molar-refractivity contribution in [2.24, 2.45) is 0 Å². The first kappa shape index (κ1) is 9.05. The monoisotopic (exact) mass is 209 g/mol. The minimum atomic E-state index is -1.94. The van der Waals surface area contributed by atoms with E-state index in [9.17, 15) is 4.79 Å². The summed E-state index contributed by atoms with van der Waals surface area (Å²) in [6.45, 7) is 0. The summed E-state index contributed by atoms with van der Waals surface area (Å²) in [6, 6.07) is 0. The van der Waals surface area contributed by atoms with Gasteiger partial charge in [-0.05, 0) is 0 Å². The van der Waals surface area contributed by atoms with E-state index in [1.54, 1.807) is 0 Å². The van der Waals surface area contributed by atoms with Crippen LogP contribution >= 0.6 is 34.8 Å². The van der Waals surface area contributed by atoms with Crippen LogP contribution in [0, 0.1) is 0 Å². The van der Waals surface area contributed by atoms with E-state index in [0.29, 0.717) is 0 Å². The fourth-order valence-electron chi connectivity index (χ4n) is 0.0579. The molecular weight excluding hydrogens is 210 g/mol. The molecule has 0 amide bonds. The number of hydrogen-bond donors (Lipinski definition) is 0. The Bertz CT molecular complexity index is 97.9. The molecule has 0 spiro atoms. The summed E-state index contributed by atoms with van der Waals surface area (Å²) in [4.78, 5) is 10.2. The summed E-state index contributed by atoms with van der Waals surface area (Å²) >= 11 is 16.3. The van der Waals surface area contributed by atoms with Gasteiger partial charge in [0.05, 0.1) is 0 Å². The molecule has 0 rings (SSSR count). The molecule has 0 atom stereocenters. The van der Waals surface area contributed by atoms with Crippen LogP contribution in [0.25, 0.3) is 0 Å². The van der Waals surface area contributed by atoms with Gasteiger partial charge in [0, 0.05) is 0 Å². The molecule has 0 aliphatic heterocycles. The van der Waals surface area contributed by atoms with Crippen LogP contribution in [-0.2, 0) is 28.9 Å². The van der Waals surface area contributed by atoms with Gasteiger partial charge in [0.25, 0.3) is 0 Å². The van der Waals surface area contributed by atoms with Crippen LogP contribution in [-0.4, -0.2) is 9.76 Å². The summed E-state index contributed by atoms with van der Waals surface area (Å²) in [7, 11) is 0. The summed E-state index contributed by atoms with van der Waals surface area (Å²) in [5.41, 5.74) is 0. The molecule has 0 saturated carbocycles. The third-order valence-corrected chi connectivity index (χ3v) is 1.08. The second-order valence-electron chi connectivity index (χ2n) is 0.887. The maximum atomic E-state index is 10.2. The summed E-state index contributed by atoms with van der Waals surface area (Å²) in [5.74, 6) is -0.873. The molecule has 0 aromatic carbocycles. The van der Waals surface area contributed by atoms with Crippen molar-refractivity contribution >= 4 is 40.8 Å². The number of rotatable bonds is 0. The van der Waals surface area contributed by atoms with Gasteiger partial charge in [-0.1, -0.05) is 0 Å². The van der Waals surface area contributed by atoms with Crippen LogP contribution in [0.5, 0.6) is 0 Å². The van der Waals surface area contributed by atoms with Gasteiger partial charge in [-0.3, -0.25) is 0 Å². The molecule has 2 nitrogen and oxygen atoms in total. The molecule has 0 aromatic rings. The van der Waals surface area contributed by atoms with Crippen molar-refractivity contribution in [3.8, 4) is 0 Å². The van der Waals surface area contributed by atoms with E-state index in [2.05, 4.69) is 3.32 Å². The molecule has 0 N–H and O–H groups in total. The Morgan fingerprint density at radius 1 is 1.50 bits per heavy atom. The Morgan fingerprint density at radius 3 is 1.88 bits per heavy atom. The predicted molar refractivity (Wildman–Crippen MR) is 26.4 cm³/mol. The molecule has 45 valence electrons. The van der Waals surface area contributed by atoms with E-state index in [0.717, 1.165) is 20.8 Å². The Kier molecular flexibility index (Phi) is 3.71. The van der Waals surface area contributed by atoms with Gasteiger partial charge in [-0.25, -0.2) is 0 Å². The van der Waals surface area contributed by atoms with Crippen LogP contribution in [0.1, 0.15) is 0 Å². The first-order valence-electron chi connectivity index (χ1n) is 1.43. The molecule has 0 saturated heterocycles. The molecule has 0 aromatic heterocycles. The van der Waals surface area contributed by atoms with E-state index in [-0.39, 0.29) is 0 Å². The van der Waals surface area contributed by atoms with Crippen LogP contribution < -0.4 is 0 Å². The van der Waals surface area contributed by atoms with E-state index < -0.39 is 9.76 Å². The van der Waals surface area contributed by atoms with Crippen molar-refractivity contribution in [2.75, 3.05) is 0 Å². The molecule has 6 heteroatoms. The SMILES string of the molecule is O=C([O][Ti])C(Cl)(Cl)Cl. The quantitative estimate of drug-likeness (QED) is 0.446. The number of hydrogen-bond acceptors (Lipinski definition) is 2. The molecule has 0 bridgehead atoms. The second-order valence-corrected chi connectivity index (χ2v) is 3.49. The first-order chi connectivity index (χ1) is 3.48. The number of alkyl halides is 3. The number of carbonyl (C=O) groups excluding carboxylic acids is 1. The van der Waals surface area contributed by atoms with Gasteiger partial charge in [0.2, 0.25) is 0 Å². The number of halogens is 3. The average Bonchev–Trinajstić information content (AvgIpc) is 1.62. The topological polar surface area (TPSA) is 26.3 Å². The summed E-state index contributed by atoms with van der Waals surface area (Å²) < 4.78 is 2.14. The van der Waals surface area contributed by atoms with Gasteiger partial charge < -0.3 is 0 Å². The van der Waals surface area contributed by atoms with Crippen LogP contribution in [0.15, 0.2) is 0 Å². The van der Waals surface area contributed by atoms with Gasteiger partial charge >= 0.3 is 73.5 Å². The van der Waals surface area contributed by atoms with Crippen LogP contribution in [0.4, 0.5) is 0 Å². The van der Waals surface area contributed by atoms with Crippen LogP contribution in [0.2, 0.25) is 0 Å². The molecular formula is C2Cl3O2Ti. The van der Waals surface area contributed by atoms with E-state index >= 15 is 0 Å². The molecule has 8 heavy (non-hydrogen) atoms. The molecule has 0 unspecified atom stereocenters. The Hall–Kier alpha value is 1.05. The normalized spacial score (nSPS) is 10.8. The van der Waals surface area contributed by atoms with Crippen molar-refractivity contribution in [3.63, 3.8) is 0 Å². The van der Waals surface area contributed by atoms with Crippen molar-refractivity contribution in [1.82, 2.24) is 0 Å². The second kappa shape index (κ2) is 3.28. The van der Waals surface area contributed by atoms with E-state index in [4.69, 9.17) is 34.8 Å². The molecule has 0 aliphatic carbocycles. The van der Waals surface area contributed by atoms with Gasteiger partial charge in [-0.15, -0.1) is 0 Å². The van der Waals surface area contributed by atoms with Crippen LogP contribution in [0.3, 0.4) is 0 Å². The zero-order valence-electron chi connectivity index (χ0n) is 3.45. The minimum absolute atomic E-state index is 0.873. The Labute approximate surface area is 73.3 Å². The summed E-state index contributed by atoms with van der Waals surface area (Å²) in [5, 5.41) is 0. The van der Waals surface area contributed by atoms with Crippen molar-refractivity contribution < 1.29 is 28.9 Å². The number of carbonyl (C=O) groups is 1. The third kappa shape index (κ3) is 3.15. The molecule has 0 aliphatic rings. The average molecular weight is 210 g/mol. The molecule has 0 radical (unpaired) electrons. The Morgan fingerprint density at radius 2 is 1.88 bits per heavy atom. The van der Waals surface area contributed by atoms with Gasteiger partial charge in [-0.2, -0.15) is 0 Å². The maximum absolute atomic E-state index is 10.2. The zero-order chi connectivity index (χ0) is 6.78. The molecule has 0 fully saturated rings. The van der Waals surface area contributed by atoms with E-state index in [1.807, 2.05) is 0 Å². The van der Waals surface area contributed by atoms with Gasteiger partial charge in [0.15, 0.2) is 0 Å². The third-order valence-electron chi connectivity index (χ3n) is 0.324.